The largest absolute Gasteiger partial charge is 0.497 e. The Kier molecular flexibility index (Phi) is 11.4. The predicted molar refractivity (Wildman–Crippen MR) is 161 cm³/mol. The van der Waals surface area contributed by atoms with Crippen LogP contribution in [0.15, 0.2) is 36.4 Å². The molecule has 228 valence electrons. The summed E-state index contributed by atoms with van der Waals surface area (Å²) in [5.41, 5.74) is 2.65. The van der Waals surface area contributed by atoms with Gasteiger partial charge in [0.2, 0.25) is 0 Å². The van der Waals surface area contributed by atoms with Gasteiger partial charge in [-0.25, -0.2) is 15.0 Å². The van der Waals surface area contributed by atoms with E-state index in [-0.39, 0.29) is 37.6 Å². The Hall–Kier alpha value is -3.87. The quantitative estimate of drug-likeness (QED) is 0.156. The SMILES string of the molecule is COc1cc(NCCO)nc(C2CC(c3cc(OC)cc(NCCO)n3)CC(c3cc(OC)cc(NCCO)n3)C2)c1. The lowest BCUT2D eigenvalue weighted by molar-refractivity contribution is 0.310. The number of nitrogens with zero attached hydrogens (tertiary/aromatic N) is 3. The normalized spacial score (nSPS) is 18.3. The van der Waals surface area contributed by atoms with E-state index in [0.29, 0.717) is 54.3 Å². The van der Waals surface area contributed by atoms with Crippen molar-refractivity contribution < 1.29 is 29.5 Å². The minimum absolute atomic E-state index is 0.00980. The van der Waals surface area contributed by atoms with Crippen molar-refractivity contribution in [3.63, 3.8) is 0 Å². The molecule has 0 aliphatic heterocycles. The first kappa shape index (κ1) is 31.1. The third-order valence-corrected chi connectivity index (χ3v) is 7.38. The molecule has 1 fully saturated rings. The Bertz CT molecular complexity index is 1130. The first-order valence-electron chi connectivity index (χ1n) is 14.2. The van der Waals surface area contributed by atoms with E-state index in [2.05, 4.69) is 16.0 Å². The average Bonchev–Trinajstić information content (AvgIpc) is 3.04. The standard InChI is InChI=1S/C30H42N6O6/c1-40-22-13-25(34-28(16-22)31-4-7-37)19-10-20(26-14-23(41-2)17-29(35-26)32-5-8-38)12-21(11-19)27-15-24(42-3)18-30(36-27)33-6-9-39/h13-21,37-39H,4-12H2,1-3H3,(H,31,34)(H,32,35)(H,33,36). The van der Waals surface area contributed by atoms with E-state index in [9.17, 15) is 15.3 Å². The molecule has 42 heavy (non-hydrogen) atoms. The van der Waals surface area contributed by atoms with Crippen LogP contribution >= 0.6 is 0 Å². The van der Waals surface area contributed by atoms with E-state index in [1.54, 1.807) is 21.3 Å². The smallest absolute Gasteiger partial charge is 0.130 e. The van der Waals surface area contributed by atoms with Crippen molar-refractivity contribution >= 4 is 17.5 Å². The summed E-state index contributed by atoms with van der Waals surface area (Å²) in [5, 5.41) is 37.5. The number of methoxy groups -OCH3 is 3. The lowest BCUT2D eigenvalue weighted by Crippen LogP contribution is -2.23. The maximum absolute atomic E-state index is 9.34. The second-order valence-corrected chi connectivity index (χ2v) is 10.2. The molecule has 0 aromatic carbocycles. The third-order valence-electron chi connectivity index (χ3n) is 7.38. The van der Waals surface area contributed by atoms with Gasteiger partial charge < -0.3 is 45.5 Å². The Morgan fingerprint density at radius 1 is 0.548 bits per heavy atom. The molecule has 0 unspecified atom stereocenters. The van der Waals surface area contributed by atoms with Crippen LogP contribution in [0.4, 0.5) is 17.5 Å². The number of hydrogen-bond acceptors (Lipinski definition) is 12. The van der Waals surface area contributed by atoms with Crippen LogP contribution in [-0.4, -0.2) is 91.1 Å². The second-order valence-electron chi connectivity index (χ2n) is 10.2. The van der Waals surface area contributed by atoms with E-state index >= 15 is 0 Å². The van der Waals surface area contributed by atoms with Crippen molar-refractivity contribution in [1.29, 1.82) is 0 Å². The average molecular weight is 583 g/mol. The fraction of sp³-hybridized carbons (Fsp3) is 0.500. The first-order chi connectivity index (χ1) is 20.5. The molecule has 0 radical (unpaired) electrons. The number of nitrogens with one attached hydrogen (secondary N) is 3. The van der Waals surface area contributed by atoms with Gasteiger partial charge in [0, 0.05) is 90.9 Å². The molecule has 3 heterocycles. The van der Waals surface area contributed by atoms with Crippen molar-refractivity contribution in [3.05, 3.63) is 53.5 Å². The maximum Gasteiger partial charge on any atom is 0.130 e. The molecule has 0 atom stereocenters. The van der Waals surface area contributed by atoms with Crippen molar-refractivity contribution in [1.82, 2.24) is 15.0 Å². The zero-order valence-corrected chi connectivity index (χ0v) is 24.5. The number of aromatic nitrogens is 3. The first-order valence-corrected chi connectivity index (χ1v) is 14.2. The highest BCUT2D eigenvalue weighted by Crippen LogP contribution is 2.48. The summed E-state index contributed by atoms with van der Waals surface area (Å²) >= 11 is 0. The lowest BCUT2D eigenvalue weighted by atomic mass is 9.71. The summed E-state index contributed by atoms with van der Waals surface area (Å²) in [5.74, 6) is 4.11. The molecule has 0 saturated heterocycles. The van der Waals surface area contributed by atoms with Crippen LogP contribution in [-0.2, 0) is 0 Å². The highest BCUT2D eigenvalue weighted by Gasteiger charge is 2.35. The van der Waals surface area contributed by atoms with Crippen molar-refractivity contribution in [2.75, 3.05) is 76.7 Å². The van der Waals surface area contributed by atoms with Crippen LogP contribution in [0.2, 0.25) is 0 Å². The zero-order valence-electron chi connectivity index (χ0n) is 24.5. The molecule has 4 rings (SSSR count). The highest BCUT2D eigenvalue weighted by molar-refractivity contribution is 5.47. The number of hydrogen-bond donors (Lipinski definition) is 6. The summed E-state index contributed by atoms with van der Waals surface area (Å²) < 4.78 is 16.8. The molecule has 1 aliphatic carbocycles. The van der Waals surface area contributed by atoms with Crippen LogP contribution in [0.25, 0.3) is 0 Å². The second kappa shape index (κ2) is 15.4. The minimum atomic E-state index is -0.00980. The highest BCUT2D eigenvalue weighted by atomic mass is 16.5. The van der Waals surface area contributed by atoms with Gasteiger partial charge in [0.05, 0.1) is 41.2 Å². The zero-order chi connectivity index (χ0) is 29.9. The van der Waals surface area contributed by atoms with E-state index in [0.717, 1.165) is 36.3 Å². The number of rotatable bonds is 15. The molecule has 0 bridgehead atoms. The van der Waals surface area contributed by atoms with Crippen LogP contribution in [0, 0.1) is 0 Å². The molecule has 6 N–H and O–H groups in total. The topological polar surface area (TPSA) is 163 Å². The molecule has 12 heteroatoms. The Balaban J connectivity index is 1.76. The van der Waals surface area contributed by atoms with E-state index in [1.165, 1.54) is 0 Å². The summed E-state index contributed by atoms with van der Waals surface area (Å²) in [6.07, 6.45) is 2.36. The summed E-state index contributed by atoms with van der Waals surface area (Å²) in [6.45, 7) is 1.11. The fourth-order valence-corrected chi connectivity index (χ4v) is 5.43. The molecule has 12 nitrogen and oxygen atoms in total. The van der Waals surface area contributed by atoms with Crippen LogP contribution in [0.1, 0.15) is 54.1 Å². The Morgan fingerprint density at radius 2 is 0.833 bits per heavy atom. The fourth-order valence-electron chi connectivity index (χ4n) is 5.43. The van der Waals surface area contributed by atoms with Gasteiger partial charge in [-0.05, 0) is 19.3 Å². The van der Waals surface area contributed by atoms with Crippen molar-refractivity contribution in [2.45, 2.75) is 37.0 Å². The summed E-state index contributed by atoms with van der Waals surface area (Å²) in [6, 6.07) is 11.4. The van der Waals surface area contributed by atoms with Crippen LogP contribution in [0.3, 0.4) is 0 Å². The maximum atomic E-state index is 9.34. The van der Waals surface area contributed by atoms with Crippen LogP contribution < -0.4 is 30.2 Å². The summed E-state index contributed by atoms with van der Waals surface area (Å²) in [7, 11) is 4.89. The number of ether oxygens (including phenoxy) is 3. The van der Waals surface area contributed by atoms with Crippen molar-refractivity contribution in [2.24, 2.45) is 0 Å². The lowest BCUT2D eigenvalue weighted by Gasteiger charge is -2.35. The number of pyridine rings is 3. The molecule has 0 spiro atoms. The van der Waals surface area contributed by atoms with Gasteiger partial charge in [-0.3, -0.25) is 0 Å². The Morgan fingerprint density at radius 3 is 1.07 bits per heavy atom. The molecular weight excluding hydrogens is 540 g/mol. The van der Waals surface area contributed by atoms with E-state index < -0.39 is 0 Å². The Labute approximate surface area is 246 Å². The van der Waals surface area contributed by atoms with Gasteiger partial charge in [-0.15, -0.1) is 0 Å². The van der Waals surface area contributed by atoms with Gasteiger partial charge in [0.1, 0.15) is 34.7 Å². The molecule has 3 aromatic rings. The third kappa shape index (κ3) is 8.11. The van der Waals surface area contributed by atoms with E-state index in [1.807, 2.05) is 36.4 Å². The molecular formula is C30H42N6O6. The molecule has 1 aliphatic rings. The monoisotopic (exact) mass is 582 g/mol. The van der Waals surface area contributed by atoms with Gasteiger partial charge >= 0.3 is 0 Å². The van der Waals surface area contributed by atoms with Gasteiger partial charge in [-0.1, -0.05) is 0 Å². The predicted octanol–water partition coefficient (Wildman–Crippen LogP) is 2.95. The van der Waals surface area contributed by atoms with Crippen molar-refractivity contribution in [3.8, 4) is 17.2 Å². The minimum Gasteiger partial charge on any atom is -0.497 e. The molecule has 1 saturated carbocycles. The van der Waals surface area contributed by atoms with E-state index in [4.69, 9.17) is 29.2 Å². The number of aliphatic hydroxyl groups is 3. The number of aliphatic hydroxyl groups excluding tert-OH is 3. The molecule has 0 amide bonds. The van der Waals surface area contributed by atoms with Crippen LogP contribution in [0.5, 0.6) is 17.2 Å². The van der Waals surface area contributed by atoms with Gasteiger partial charge in [-0.2, -0.15) is 0 Å². The summed E-state index contributed by atoms with van der Waals surface area (Å²) in [4.78, 5) is 14.7. The number of anilines is 3. The van der Waals surface area contributed by atoms with Gasteiger partial charge in [0.25, 0.3) is 0 Å². The van der Waals surface area contributed by atoms with Gasteiger partial charge in [0.15, 0.2) is 0 Å². The molecule has 3 aromatic heterocycles.